The smallest absolute Gasteiger partial charge is 0.0618 e. The number of benzene rings is 12. The number of nitrogens with zero attached hydrogens (tertiary/aromatic N) is 2. The highest BCUT2D eigenvalue weighted by atomic mass is 15.1. The van der Waals surface area contributed by atoms with Gasteiger partial charge in [0.05, 0.1) is 16.7 Å². The molecular weight excluding hydrogens is 773 g/mol. The van der Waals surface area contributed by atoms with Gasteiger partial charge in [0.25, 0.3) is 0 Å². The summed E-state index contributed by atoms with van der Waals surface area (Å²) in [6.45, 7) is 0. The first kappa shape index (κ1) is 36.2. The summed E-state index contributed by atoms with van der Waals surface area (Å²) < 4.78 is 2.39. The minimum atomic E-state index is 1.09. The first-order valence-electron chi connectivity index (χ1n) is 22.1. The average molecular weight is 813 g/mol. The van der Waals surface area contributed by atoms with Crippen LogP contribution in [0.15, 0.2) is 243 Å². The van der Waals surface area contributed by atoms with Gasteiger partial charge < -0.3 is 9.47 Å². The molecular formula is C62H40N2. The third-order valence-corrected chi connectivity index (χ3v) is 13.3. The van der Waals surface area contributed by atoms with Crippen LogP contribution in [0.5, 0.6) is 0 Å². The van der Waals surface area contributed by atoms with Crippen molar-refractivity contribution in [3.05, 3.63) is 243 Å². The van der Waals surface area contributed by atoms with Gasteiger partial charge in [-0.1, -0.05) is 194 Å². The van der Waals surface area contributed by atoms with Crippen molar-refractivity contribution in [2.75, 3.05) is 4.90 Å². The van der Waals surface area contributed by atoms with Gasteiger partial charge in [-0.25, -0.2) is 0 Å². The molecule has 0 aliphatic rings. The normalized spacial score (nSPS) is 11.8. The Morgan fingerprint density at radius 3 is 1.16 bits per heavy atom. The molecule has 0 bridgehead atoms. The van der Waals surface area contributed by atoms with Crippen molar-refractivity contribution in [2.45, 2.75) is 0 Å². The van der Waals surface area contributed by atoms with E-state index in [9.17, 15) is 0 Å². The Hall–Kier alpha value is -8.46. The third-order valence-electron chi connectivity index (χ3n) is 13.3. The molecule has 2 nitrogen and oxygen atoms in total. The number of hydrogen-bond donors (Lipinski definition) is 0. The fraction of sp³-hybridized carbons (Fsp3) is 0. The van der Waals surface area contributed by atoms with Gasteiger partial charge in [0.2, 0.25) is 0 Å². The minimum Gasteiger partial charge on any atom is -0.309 e. The zero-order valence-corrected chi connectivity index (χ0v) is 35.0. The van der Waals surface area contributed by atoms with Crippen LogP contribution in [0.25, 0.3) is 104 Å². The lowest BCUT2D eigenvalue weighted by molar-refractivity contribution is 1.17. The lowest BCUT2D eigenvalue weighted by atomic mass is 9.82. The van der Waals surface area contributed by atoms with Crippen LogP contribution in [0.4, 0.5) is 17.1 Å². The van der Waals surface area contributed by atoms with E-state index in [0.29, 0.717) is 0 Å². The molecule has 12 aromatic carbocycles. The van der Waals surface area contributed by atoms with Gasteiger partial charge in [-0.15, -0.1) is 0 Å². The number of hydrogen-bond acceptors (Lipinski definition) is 1. The molecule has 0 aliphatic carbocycles. The third kappa shape index (κ3) is 5.46. The molecule has 13 aromatic rings. The van der Waals surface area contributed by atoms with Crippen molar-refractivity contribution in [2.24, 2.45) is 0 Å². The van der Waals surface area contributed by atoms with Crippen LogP contribution in [-0.4, -0.2) is 4.57 Å². The van der Waals surface area contributed by atoms with Crippen LogP contribution in [0.3, 0.4) is 0 Å². The van der Waals surface area contributed by atoms with E-state index in [2.05, 4.69) is 252 Å². The first-order valence-corrected chi connectivity index (χ1v) is 22.1. The summed E-state index contributed by atoms with van der Waals surface area (Å²) in [5, 5.41) is 14.8. The van der Waals surface area contributed by atoms with Crippen LogP contribution >= 0.6 is 0 Å². The van der Waals surface area contributed by atoms with E-state index in [1.165, 1.54) is 97.9 Å². The standard InChI is InChI=1S/C62H40N2/c1-2-21-42(22-3-1)63(43-37-39-44(40-38-43)64-57-35-16-14-24-46(57)47-25-15-17-36-58(47)64)62-55-32-12-10-30-53(55)61(54-31-11-13-33-56(54)62)60-51-28-8-6-26-49(51)59(50-27-7-9-29-52(50)60)48-34-18-20-41-19-4-5-23-45(41)48/h1-40H. The van der Waals surface area contributed by atoms with Crippen molar-refractivity contribution >= 4 is 92.7 Å². The van der Waals surface area contributed by atoms with Crippen LogP contribution < -0.4 is 4.90 Å². The summed E-state index contributed by atoms with van der Waals surface area (Å²) in [7, 11) is 0. The van der Waals surface area contributed by atoms with Crippen molar-refractivity contribution < 1.29 is 0 Å². The highest BCUT2D eigenvalue weighted by molar-refractivity contribution is 6.31. The van der Waals surface area contributed by atoms with Crippen molar-refractivity contribution in [3.63, 3.8) is 0 Å². The summed E-state index contributed by atoms with van der Waals surface area (Å²) in [6, 6.07) is 89.1. The molecule has 0 fully saturated rings. The van der Waals surface area contributed by atoms with E-state index in [0.717, 1.165) is 22.7 Å². The van der Waals surface area contributed by atoms with E-state index >= 15 is 0 Å². The highest BCUT2D eigenvalue weighted by Gasteiger charge is 2.25. The minimum absolute atomic E-state index is 1.09. The largest absolute Gasteiger partial charge is 0.309 e. The second-order valence-electron chi connectivity index (χ2n) is 16.7. The number of fused-ring (bicyclic) bond motifs is 8. The van der Waals surface area contributed by atoms with Crippen LogP contribution in [-0.2, 0) is 0 Å². The summed E-state index contributed by atoms with van der Waals surface area (Å²) >= 11 is 0. The van der Waals surface area contributed by atoms with E-state index in [4.69, 9.17) is 0 Å². The molecule has 298 valence electrons. The predicted octanol–water partition coefficient (Wildman–Crippen LogP) is 17.4. The molecule has 0 aliphatic heterocycles. The molecule has 0 unspecified atom stereocenters. The van der Waals surface area contributed by atoms with E-state index in [-0.39, 0.29) is 0 Å². The SMILES string of the molecule is c1ccc(N(c2ccc(-n3c4ccccc4c4ccccc43)cc2)c2c3ccccc3c(-c3c4ccccc4c(-c4cccc5ccccc45)c4ccccc34)c3ccccc23)cc1. The van der Waals surface area contributed by atoms with Gasteiger partial charge in [-0.05, 0) is 114 Å². The van der Waals surface area contributed by atoms with Gasteiger partial charge in [0.1, 0.15) is 0 Å². The number of aromatic nitrogens is 1. The molecule has 64 heavy (non-hydrogen) atoms. The van der Waals surface area contributed by atoms with Gasteiger partial charge in [-0.3, -0.25) is 0 Å². The maximum atomic E-state index is 2.46. The van der Waals surface area contributed by atoms with Crippen LogP contribution in [0.1, 0.15) is 0 Å². The average Bonchev–Trinajstić information content (AvgIpc) is 3.70. The van der Waals surface area contributed by atoms with E-state index in [1.54, 1.807) is 0 Å². The van der Waals surface area contributed by atoms with Crippen molar-refractivity contribution in [1.29, 1.82) is 0 Å². The van der Waals surface area contributed by atoms with Gasteiger partial charge in [0.15, 0.2) is 0 Å². The molecule has 1 aromatic heterocycles. The van der Waals surface area contributed by atoms with Crippen LogP contribution in [0, 0.1) is 0 Å². The zero-order valence-electron chi connectivity index (χ0n) is 35.0. The molecule has 0 radical (unpaired) electrons. The maximum Gasteiger partial charge on any atom is 0.0618 e. The Balaban J connectivity index is 1.09. The molecule has 0 saturated carbocycles. The Labute approximate surface area is 371 Å². The molecule has 1 heterocycles. The van der Waals surface area contributed by atoms with E-state index in [1.807, 2.05) is 0 Å². The molecule has 0 N–H and O–H groups in total. The number of anilines is 3. The Bertz CT molecular complexity index is 3780. The second kappa shape index (κ2) is 14.6. The fourth-order valence-corrected chi connectivity index (χ4v) is 10.7. The molecule has 0 spiro atoms. The summed E-state index contributed by atoms with van der Waals surface area (Å²) in [6.07, 6.45) is 0. The first-order chi connectivity index (χ1) is 31.8. The summed E-state index contributed by atoms with van der Waals surface area (Å²) in [4.78, 5) is 2.46. The lowest BCUT2D eigenvalue weighted by Gasteiger charge is -2.30. The highest BCUT2D eigenvalue weighted by Crippen LogP contribution is 2.52. The Morgan fingerprint density at radius 1 is 0.250 bits per heavy atom. The van der Waals surface area contributed by atoms with E-state index < -0.39 is 0 Å². The number of para-hydroxylation sites is 3. The Morgan fingerprint density at radius 2 is 0.625 bits per heavy atom. The van der Waals surface area contributed by atoms with Crippen LogP contribution in [0.2, 0.25) is 0 Å². The second-order valence-corrected chi connectivity index (χ2v) is 16.7. The van der Waals surface area contributed by atoms with Crippen molar-refractivity contribution in [3.8, 4) is 27.9 Å². The molecule has 13 rings (SSSR count). The Kier molecular flexibility index (Phi) is 8.25. The summed E-state index contributed by atoms with van der Waals surface area (Å²) in [5.74, 6) is 0. The lowest BCUT2D eigenvalue weighted by Crippen LogP contribution is -2.11. The summed E-state index contributed by atoms with van der Waals surface area (Å²) in [5.41, 5.74) is 11.9. The van der Waals surface area contributed by atoms with Gasteiger partial charge in [-0.2, -0.15) is 0 Å². The zero-order chi connectivity index (χ0) is 42.1. The predicted molar refractivity (Wildman–Crippen MR) is 274 cm³/mol. The van der Waals surface area contributed by atoms with Crippen molar-refractivity contribution in [1.82, 2.24) is 4.57 Å². The maximum absolute atomic E-state index is 2.46. The topological polar surface area (TPSA) is 8.17 Å². The van der Waals surface area contributed by atoms with Gasteiger partial charge in [0, 0.05) is 38.6 Å². The monoisotopic (exact) mass is 812 g/mol. The molecule has 2 heteroatoms. The fourth-order valence-electron chi connectivity index (χ4n) is 10.7. The molecule has 0 amide bonds. The molecule has 0 saturated heterocycles. The van der Waals surface area contributed by atoms with Gasteiger partial charge >= 0.3 is 0 Å². The quantitative estimate of drug-likeness (QED) is 0.152. The molecule has 0 atom stereocenters. The number of rotatable bonds is 6.